The quantitative estimate of drug-likeness (QED) is 0.397. The van der Waals surface area contributed by atoms with Gasteiger partial charge in [-0.1, -0.05) is 11.3 Å². The summed E-state index contributed by atoms with van der Waals surface area (Å²) in [6.45, 7) is 0.911. The van der Waals surface area contributed by atoms with Crippen LogP contribution in [0, 0.1) is 0 Å². The van der Waals surface area contributed by atoms with Crippen LogP contribution in [0.4, 0.5) is 27.5 Å². The molecule has 0 aliphatic carbocycles. The molecule has 3 N–H and O–H groups in total. The number of aliphatic hydroxyl groups excluding tert-OH is 1. The number of nitrogens with zero attached hydrogens (tertiary/aromatic N) is 3. The molecule has 4 heterocycles. The smallest absolute Gasteiger partial charge is 0.395 e. The number of hydrogen-bond acceptors (Lipinski definition) is 10. The standard InChI is InChI=1S/C21H19F4N5O5S2/c1-9(30-3-2-20(22,23)10(7-30)12-6-26-17(32)13(8-31)27-12)36-19(33)29-18-28-11-4-14-15(5-16(11)37-18)35-21(24,25)34-14/h4-6,9-10,31H,2-3,7-8H2,1H3,(H,26,32)(H,28,29,33)/t9-,10+/m1/s1. The molecule has 0 bridgehead atoms. The van der Waals surface area contributed by atoms with Crippen LogP contribution in [0.3, 0.4) is 0 Å². The molecule has 0 saturated carbocycles. The number of fused-ring (bicyclic) bond motifs is 2. The summed E-state index contributed by atoms with van der Waals surface area (Å²) in [6.07, 6.45) is -3.11. The Morgan fingerprint density at radius 3 is 2.78 bits per heavy atom. The van der Waals surface area contributed by atoms with Gasteiger partial charge in [0.1, 0.15) is 5.69 Å². The Kier molecular flexibility index (Phi) is 6.54. The molecule has 16 heteroatoms. The van der Waals surface area contributed by atoms with Gasteiger partial charge in [-0.3, -0.25) is 19.8 Å². The highest BCUT2D eigenvalue weighted by Crippen LogP contribution is 2.45. The third kappa shape index (κ3) is 5.23. The minimum absolute atomic E-state index is 0.0263. The number of piperidine rings is 1. The lowest BCUT2D eigenvalue weighted by molar-refractivity contribution is -0.286. The number of ether oxygens (including phenoxy) is 2. The number of thioether (sulfide) groups is 1. The molecule has 1 aromatic carbocycles. The molecule has 1 fully saturated rings. The summed E-state index contributed by atoms with van der Waals surface area (Å²) in [5.74, 6) is -4.75. The number of hydrogen-bond donors (Lipinski definition) is 3. The van der Waals surface area contributed by atoms with Crippen LogP contribution in [0.25, 0.3) is 10.2 Å². The van der Waals surface area contributed by atoms with Crippen LogP contribution in [0.5, 0.6) is 11.5 Å². The zero-order chi connectivity index (χ0) is 26.5. The zero-order valence-electron chi connectivity index (χ0n) is 19.0. The number of aromatic amines is 1. The molecule has 2 aromatic heterocycles. The first-order valence-corrected chi connectivity index (χ1v) is 12.6. The number of thiazole rings is 1. The fourth-order valence-corrected chi connectivity index (χ4v) is 5.83. The molecule has 0 radical (unpaired) electrons. The van der Waals surface area contributed by atoms with Crippen molar-refractivity contribution < 1.29 is 36.9 Å². The number of aromatic nitrogens is 3. The maximum Gasteiger partial charge on any atom is 0.586 e. The number of carbonyl (C=O) groups excluding carboxylic acids is 1. The van der Waals surface area contributed by atoms with Crippen LogP contribution in [0.1, 0.15) is 30.7 Å². The molecular formula is C21H19F4N5O5S2. The summed E-state index contributed by atoms with van der Waals surface area (Å²) in [6, 6.07) is 2.63. The third-order valence-corrected chi connectivity index (χ3v) is 7.84. The molecule has 198 valence electrons. The number of likely N-dealkylation sites (tertiary alicyclic amines) is 1. The van der Waals surface area contributed by atoms with E-state index in [1.807, 2.05) is 0 Å². The van der Waals surface area contributed by atoms with Crippen LogP contribution in [-0.4, -0.2) is 60.9 Å². The van der Waals surface area contributed by atoms with Gasteiger partial charge in [-0.25, -0.2) is 18.7 Å². The highest BCUT2D eigenvalue weighted by atomic mass is 32.2. The van der Waals surface area contributed by atoms with Gasteiger partial charge in [0.05, 0.1) is 33.8 Å². The maximum absolute atomic E-state index is 14.7. The van der Waals surface area contributed by atoms with E-state index in [1.54, 1.807) is 11.8 Å². The minimum atomic E-state index is -3.75. The first kappa shape index (κ1) is 25.7. The Morgan fingerprint density at radius 2 is 2.05 bits per heavy atom. The first-order valence-electron chi connectivity index (χ1n) is 10.9. The lowest BCUT2D eigenvalue weighted by atomic mass is 9.90. The van der Waals surface area contributed by atoms with Crippen LogP contribution < -0.4 is 20.3 Å². The summed E-state index contributed by atoms with van der Waals surface area (Å²) in [4.78, 5) is 36.5. The van der Waals surface area contributed by atoms with E-state index in [4.69, 9.17) is 0 Å². The van der Waals surface area contributed by atoms with Crippen LogP contribution in [0.2, 0.25) is 0 Å². The van der Waals surface area contributed by atoms with E-state index in [2.05, 4.69) is 29.7 Å². The molecule has 1 amide bonds. The molecule has 2 aliphatic rings. The number of anilines is 1. The number of halogens is 4. The number of aliphatic hydroxyl groups is 1. The van der Waals surface area contributed by atoms with Gasteiger partial charge >= 0.3 is 6.29 Å². The topological polar surface area (TPSA) is 130 Å². The van der Waals surface area contributed by atoms with Crippen molar-refractivity contribution in [2.24, 2.45) is 0 Å². The summed E-state index contributed by atoms with van der Waals surface area (Å²) in [5.41, 5.74) is -0.623. The van der Waals surface area contributed by atoms with E-state index >= 15 is 0 Å². The van der Waals surface area contributed by atoms with Crippen molar-refractivity contribution in [1.82, 2.24) is 19.9 Å². The van der Waals surface area contributed by atoms with Gasteiger partial charge in [-0.15, -0.1) is 8.78 Å². The van der Waals surface area contributed by atoms with Gasteiger partial charge in [0, 0.05) is 37.8 Å². The van der Waals surface area contributed by atoms with Crippen molar-refractivity contribution in [2.45, 2.75) is 43.5 Å². The largest absolute Gasteiger partial charge is 0.586 e. The summed E-state index contributed by atoms with van der Waals surface area (Å²) < 4.78 is 65.3. The van der Waals surface area contributed by atoms with Crippen molar-refractivity contribution in [2.75, 3.05) is 18.4 Å². The Bertz CT molecular complexity index is 1370. The van der Waals surface area contributed by atoms with Crippen molar-refractivity contribution in [3.63, 3.8) is 0 Å². The molecule has 1 saturated heterocycles. The normalized spacial score (nSPS) is 21.2. The average Bonchev–Trinajstić information content (AvgIpc) is 3.33. The molecule has 37 heavy (non-hydrogen) atoms. The Morgan fingerprint density at radius 1 is 1.32 bits per heavy atom. The maximum atomic E-state index is 14.7. The predicted molar refractivity (Wildman–Crippen MR) is 127 cm³/mol. The zero-order valence-corrected chi connectivity index (χ0v) is 20.6. The average molecular weight is 562 g/mol. The second-order valence-corrected chi connectivity index (χ2v) is 10.7. The van der Waals surface area contributed by atoms with Gasteiger partial charge in [0.2, 0.25) is 0 Å². The van der Waals surface area contributed by atoms with E-state index in [-0.39, 0.29) is 41.1 Å². The van der Waals surface area contributed by atoms with Gasteiger partial charge in [0.25, 0.3) is 16.7 Å². The lowest BCUT2D eigenvalue weighted by Crippen LogP contribution is -2.48. The summed E-state index contributed by atoms with van der Waals surface area (Å²) in [7, 11) is 0. The number of benzene rings is 1. The van der Waals surface area contributed by atoms with Crippen LogP contribution >= 0.6 is 23.1 Å². The van der Waals surface area contributed by atoms with Gasteiger partial charge < -0.3 is 19.6 Å². The fourth-order valence-electron chi connectivity index (χ4n) is 4.09. The van der Waals surface area contributed by atoms with Crippen molar-refractivity contribution in [3.05, 3.63) is 40.1 Å². The number of rotatable bonds is 5. The van der Waals surface area contributed by atoms with Crippen LogP contribution in [-0.2, 0) is 6.61 Å². The summed E-state index contributed by atoms with van der Waals surface area (Å²) in [5, 5.41) is 11.1. The number of amides is 1. The first-order chi connectivity index (χ1) is 17.4. The predicted octanol–water partition coefficient (Wildman–Crippen LogP) is 3.93. The molecule has 2 atom stereocenters. The van der Waals surface area contributed by atoms with Crippen molar-refractivity contribution in [1.29, 1.82) is 0 Å². The van der Waals surface area contributed by atoms with Crippen molar-refractivity contribution >= 4 is 43.7 Å². The second-order valence-electron chi connectivity index (χ2n) is 8.40. The fraction of sp³-hybridized carbons (Fsp3) is 0.429. The molecule has 2 aliphatic heterocycles. The van der Waals surface area contributed by atoms with E-state index < -0.39 is 47.3 Å². The number of nitrogens with one attached hydrogen (secondary N) is 2. The van der Waals surface area contributed by atoms with Gasteiger partial charge in [-0.2, -0.15) is 0 Å². The monoisotopic (exact) mass is 561 g/mol. The highest BCUT2D eigenvalue weighted by molar-refractivity contribution is 8.14. The Balaban J connectivity index is 1.24. The van der Waals surface area contributed by atoms with Crippen LogP contribution in [0.15, 0.2) is 23.1 Å². The van der Waals surface area contributed by atoms with E-state index in [0.29, 0.717) is 10.2 Å². The van der Waals surface area contributed by atoms with E-state index in [9.17, 15) is 32.3 Å². The Labute approximate surface area is 214 Å². The number of alkyl halides is 4. The van der Waals surface area contributed by atoms with Gasteiger partial charge in [0.15, 0.2) is 16.6 Å². The molecular weight excluding hydrogens is 542 g/mol. The minimum Gasteiger partial charge on any atom is -0.395 e. The SMILES string of the molecule is C[C@@H](SC(=O)Nc1nc2cc3c(cc2s1)OC(F)(F)O3)N1CCC(F)(F)[C@H](c2c[nH]c(=O)c(CO)n2)C1. The highest BCUT2D eigenvalue weighted by Gasteiger charge is 2.47. The third-order valence-electron chi connectivity index (χ3n) is 5.96. The van der Waals surface area contributed by atoms with E-state index in [0.717, 1.165) is 29.3 Å². The number of carbonyl (C=O) groups is 1. The molecule has 3 aromatic rings. The molecule has 0 unspecified atom stereocenters. The second kappa shape index (κ2) is 9.41. The molecule has 0 spiro atoms. The Hall–Kier alpha value is -2.95. The van der Waals surface area contributed by atoms with Crippen molar-refractivity contribution in [3.8, 4) is 11.5 Å². The van der Waals surface area contributed by atoms with E-state index in [1.165, 1.54) is 12.1 Å². The molecule has 10 nitrogen and oxygen atoms in total. The lowest BCUT2D eigenvalue weighted by Gasteiger charge is -2.40. The summed E-state index contributed by atoms with van der Waals surface area (Å²) >= 11 is 1.92. The van der Waals surface area contributed by atoms with Gasteiger partial charge in [-0.05, 0) is 18.7 Å². The molecule has 5 rings (SSSR count). The number of H-pyrrole nitrogens is 1.